The molecule has 250 valence electrons. The van der Waals surface area contributed by atoms with E-state index in [0.717, 1.165) is 95.6 Å². The Morgan fingerprint density at radius 3 is 2.38 bits per heavy atom. The van der Waals surface area contributed by atoms with Gasteiger partial charge in [0.05, 0.1) is 39.2 Å². The highest BCUT2D eigenvalue weighted by atomic mass is 35.5. The first-order valence-corrected chi connectivity index (χ1v) is 18.7. The molecule has 13 heteroatoms. The number of anilines is 3. The van der Waals surface area contributed by atoms with Crippen LogP contribution in [0.15, 0.2) is 54.9 Å². The van der Waals surface area contributed by atoms with Crippen LogP contribution < -0.4 is 10.2 Å². The van der Waals surface area contributed by atoms with Gasteiger partial charge in [0.25, 0.3) is 0 Å². The fraction of sp³-hybridized carbons (Fsp3) is 0.471. The van der Waals surface area contributed by atoms with Crippen molar-refractivity contribution >= 4 is 61.7 Å². The predicted octanol–water partition coefficient (Wildman–Crippen LogP) is 6.81. The van der Waals surface area contributed by atoms with Crippen molar-refractivity contribution in [3.8, 4) is 11.3 Å². The summed E-state index contributed by atoms with van der Waals surface area (Å²) in [5, 5.41) is 4.92. The van der Waals surface area contributed by atoms with Gasteiger partial charge < -0.3 is 15.1 Å². The highest BCUT2D eigenvalue weighted by molar-refractivity contribution is 7.85. The number of nitrogens with zero attached hydrogens (tertiary/aromatic N) is 6. The maximum atomic E-state index is 13.5. The molecule has 47 heavy (non-hydrogen) atoms. The summed E-state index contributed by atoms with van der Waals surface area (Å²) in [7, 11) is -1.89. The van der Waals surface area contributed by atoms with Crippen molar-refractivity contribution in [3.05, 3.63) is 64.9 Å². The van der Waals surface area contributed by atoms with E-state index >= 15 is 0 Å². The van der Waals surface area contributed by atoms with E-state index in [-0.39, 0.29) is 6.10 Å². The Kier molecular flexibility index (Phi) is 9.64. The zero-order valence-electron chi connectivity index (χ0n) is 26.6. The number of likely N-dealkylation sites (N-methyl/N-ethyl adjacent to an activating group) is 1. The first-order chi connectivity index (χ1) is 22.7. The van der Waals surface area contributed by atoms with Gasteiger partial charge in [-0.3, -0.25) is 4.90 Å². The average Bonchev–Trinajstić information content (AvgIpc) is 3.47. The van der Waals surface area contributed by atoms with Crippen molar-refractivity contribution in [2.75, 3.05) is 56.5 Å². The number of fused-ring (bicyclic) bond motifs is 1. The van der Waals surface area contributed by atoms with Crippen LogP contribution in [0.2, 0.25) is 10.0 Å². The van der Waals surface area contributed by atoms with Crippen LogP contribution in [0, 0.1) is 0 Å². The van der Waals surface area contributed by atoms with Gasteiger partial charge in [-0.15, -0.1) is 0 Å². The highest BCUT2D eigenvalue weighted by Gasteiger charge is 2.29. The van der Waals surface area contributed by atoms with Crippen molar-refractivity contribution in [2.45, 2.75) is 57.1 Å². The summed E-state index contributed by atoms with van der Waals surface area (Å²) in [6.07, 6.45) is 9.51. The third-order valence-electron chi connectivity index (χ3n) is 9.79. The van der Waals surface area contributed by atoms with Crippen LogP contribution in [0.4, 0.5) is 17.3 Å². The molecule has 1 saturated carbocycles. The van der Waals surface area contributed by atoms with E-state index < -0.39 is 10.3 Å². The zero-order valence-corrected chi connectivity index (χ0v) is 28.9. The van der Waals surface area contributed by atoms with E-state index in [1.54, 1.807) is 18.3 Å². The van der Waals surface area contributed by atoms with Gasteiger partial charge in [-0.25, -0.2) is 18.1 Å². The monoisotopic (exact) mass is 697 g/mol. The van der Waals surface area contributed by atoms with E-state index in [1.165, 1.54) is 10.2 Å². The molecule has 0 atom stereocenters. The SMILES string of the molecule is CN1CCN(C2CCN(c3ccc(Nc4ncc(Cl)c(-c5cn(S(=O)(=O)OC6CCCCC6)c6ccccc56)n4)cc3Cl)CC2)CC1. The Balaban J connectivity index is 1.08. The molecule has 4 aromatic rings. The summed E-state index contributed by atoms with van der Waals surface area (Å²) in [6, 6.07) is 13.8. The van der Waals surface area contributed by atoms with Crippen LogP contribution in [0.25, 0.3) is 22.2 Å². The molecule has 3 fully saturated rings. The lowest BCUT2D eigenvalue weighted by atomic mass is 9.98. The van der Waals surface area contributed by atoms with Crippen LogP contribution in [0.1, 0.15) is 44.9 Å². The van der Waals surface area contributed by atoms with Gasteiger partial charge in [-0.2, -0.15) is 8.42 Å². The number of halogens is 2. The molecular weight excluding hydrogens is 657 g/mol. The van der Waals surface area contributed by atoms with E-state index in [2.05, 4.69) is 32.0 Å². The Morgan fingerprint density at radius 1 is 0.894 bits per heavy atom. The minimum atomic E-state index is -4.08. The second kappa shape index (κ2) is 13.9. The van der Waals surface area contributed by atoms with Gasteiger partial charge in [-0.05, 0) is 57.0 Å². The van der Waals surface area contributed by atoms with Crippen molar-refractivity contribution in [1.82, 2.24) is 23.7 Å². The molecule has 7 rings (SSSR count). The van der Waals surface area contributed by atoms with Crippen LogP contribution in [0.5, 0.6) is 0 Å². The quantitative estimate of drug-likeness (QED) is 0.213. The lowest BCUT2D eigenvalue weighted by Crippen LogP contribution is -2.52. The molecule has 1 aliphatic carbocycles. The van der Waals surface area contributed by atoms with E-state index in [9.17, 15) is 8.42 Å². The van der Waals surface area contributed by atoms with Crippen LogP contribution in [-0.4, -0.2) is 90.6 Å². The lowest BCUT2D eigenvalue weighted by molar-refractivity contribution is 0.0982. The smallest absolute Gasteiger partial charge is 0.366 e. The lowest BCUT2D eigenvalue weighted by Gasteiger charge is -2.42. The predicted molar refractivity (Wildman–Crippen MR) is 189 cm³/mol. The van der Waals surface area contributed by atoms with Gasteiger partial charge in [0, 0.05) is 68.1 Å². The normalized spacial score (nSPS) is 19.4. The number of benzene rings is 2. The van der Waals surface area contributed by atoms with Crippen LogP contribution in [0.3, 0.4) is 0 Å². The minimum absolute atomic E-state index is 0.303. The van der Waals surface area contributed by atoms with Gasteiger partial charge in [0.15, 0.2) is 0 Å². The molecule has 10 nitrogen and oxygen atoms in total. The Morgan fingerprint density at radius 2 is 1.64 bits per heavy atom. The number of aromatic nitrogens is 3. The molecule has 0 unspecified atom stereocenters. The van der Waals surface area contributed by atoms with Gasteiger partial charge in [0.2, 0.25) is 5.95 Å². The molecule has 4 heterocycles. The maximum Gasteiger partial charge on any atom is 0.366 e. The second-order valence-electron chi connectivity index (χ2n) is 12.9. The van der Waals surface area contributed by atoms with Crippen molar-refractivity contribution in [3.63, 3.8) is 0 Å². The van der Waals surface area contributed by atoms with Gasteiger partial charge in [-0.1, -0.05) is 60.7 Å². The number of rotatable bonds is 8. The van der Waals surface area contributed by atoms with Crippen LogP contribution >= 0.6 is 23.2 Å². The standard InChI is InChI=1S/C34H41Cl2N7O3S/c1-40-17-19-41(20-18-40)25-13-15-42(16-14-25)32-12-11-24(21-29(32)35)38-34-37-22-30(36)33(39-34)28-23-43(31-10-6-5-9-27(28)31)47(44,45)46-26-7-3-2-4-8-26/h5-6,9-12,21-23,25-26H,2-4,7-8,13-20H2,1H3,(H,37,38,39). The Bertz CT molecular complexity index is 1830. The topological polar surface area (TPSA) is 95.8 Å². The largest absolute Gasteiger partial charge is 0.370 e. The van der Waals surface area contributed by atoms with Crippen molar-refractivity contribution in [1.29, 1.82) is 0 Å². The molecule has 2 aromatic carbocycles. The zero-order chi connectivity index (χ0) is 32.5. The van der Waals surface area contributed by atoms with Crippen LogP contribution in [-0.2, 0) is 14.5 Å². The minimum Gasteiger partial charge on any atom is -0.370 e. The molecule has 3 aliphatic rings. The molecule has 0 radical (unpaired) electrons. The number of hydrogen-bond donors (Lipinski definition) is 1. The molecule has 2 saturated heterocycles. The summed E-state index contributed by atoms with van der Waals surface area (Å²) < 4.78 is 33.8. The average molecular weight is 699 g/mol. The van der Waals surface area contributed by atoms with E-state index in [0.29, 0.717) is 44.2 Å². The van der Waals surface area contributed by atoms with E-state index in [1.807, 2.05) is 30.3 Å². The maximum absolute atomic E-state index is 13.5. The Labute approximate surface area is 286 Å². The summed E-state index contributed by atoms with van der Waals surface area (Å²) in [6.45, 7) is 6.52. The number of para-hydroxylation sites is 1. The fourth-order valence-electron chi connectivity index (χ4n) is 7.15. The molecule has 2 aliphatic heterocycles. The number of hydrogen-bond acceptors (Lipinski definition) is 9. The number of nitrogens with one attached hydrogen (secondary N) is 1. The molecule has 2 aromatic heterocycles. The summed E-state index contributed by atoms with van der Waals surface area (Å²) in [5.41, 5.74) is 3.25. The first kappa shape index (κ1) is 32.6. The Hall–Kier alpha value is -2.93. The summed E-state index contributed by atoms with van der Waals surface area (Å²) in [4.78, 5) is 16.6. The molecule has 0 spiro atoms. The van der Waals surface area contributed by atoms with Crippen molar-refractivity contribution in [2.24, 2.45) is 0 Å². The van der Waals surface area contributed by atoms with E-state index in [4.69, 9.17) is 32.4 Å². The number of piperidine rings is 1. The first-order valence-electron chi connectivity index (χ1n) is 16.6. The molecule has 1 N–H and O–H groups in total. The molecular formula is C34H41Cl2N7O3S. The molecule has 0 bridgehead atoms. The summed E-state index contributed by atoms with van der Waals surface area (Å²) in [5.74, 6) is 0.319. The molecule has 0 amide bonds. The fourth-order valence-corrected chi connectivity index (χ4v) is 8.91. The highest BCUT2D eigenvalue weighted by Crippen LogP contribution is 2.37. The number of piperazine rings is 1. The summed E-state index contributed by atoms with van der Waals surface area (Å²) >= 11 is 13.5. The van der Waals surface area contributed by atoms with Gasteiger partial charge in [0.1, 0.15) is 0 Å². The second-order valence-corrected chi connectivity index (χ2v) is 15.2. The van der Waals surface area contributed by atoms with Crippen molar-refractivity contribution < 1.29 is 12.6 Å². The third kappa shape index (κ3) is 7.11. The van der Waals surface area contributed by atoms with Gasteiger partial charge >= 0.3 is 10.3 Å². The third-order valence-corrected chi connectivity index (χ3v) is 11.7.